The Morgan fingerprint density at radius 1 is 1.06 bits per heavy atom. The lowest BCUT2D eigenvalue weighted by Gasteiger charge is -2.37. The van der Waals surface area contributed by atoms with Crippen LogP contribution in [0.2, 0.25) is 0 Å². The Kier molecular flexibility index (Phi) is 6.20. The van der Waals surface area contributed by atoms with E-state index in [-0.39, 0.29) is 23.4 Å². The van der Waals surface area contributed by atoms with Crippen molar-refractivity contribution in [1.29, 1.82) is 0 Å². The molecular weight excluding hydrogens is 484 g/mol. The zero-order valence-corrected chi connectivity index (χ0v) is 21.1. The smallest absolute Gasteiger partial charge is 0.263 e. The molecule has 11 heteroatoms. The van der Waals surface area contributed by atoms with Crippen LogP contribution < -0.4 is 9.62 Å². The molecule has 1 unspecified atom stereocenters. The molecule has 0 radical (unpaired) electrons. The molecule has 0 saturated carbocycles. The zero-order chi connectivity index (χ0) is 24.6. The predicted octanol–water partition coefficient (Wildman–Crippen LogP) is 3.76. The first-order valence-electron chi connectivity index (χ1n) is 11.3. The summed E-state index contributed by atoms with van der Waals surface area (Å²) in [6.45, 7) is 6.23. The minimum atomic E-state index is -3.73. The lowest BCUT2D eigenvalue weighted by Crippen LogP contribution is -2.50. The summed E-state index contributed by atoms with van der Waals surface area (Å²) in [5, 5.41) is 1.37. The van der Waals surface area contributed by atoms with Gasteiger partial charge >= 0.3 is 0 Å². The van der Waals surface area contributed by atoms with Crippen LogP contribution in [0.3, 0.4) is 0 Å². The number of benzene rings is 2. The number of nitrogens with one attached hydrogen (secondary N) is 1. The van der Waals surface area contributed by atoms with Crippen molar-refractivity contribution in [2.75, 3.05) is 35.8 Å². The fraction of sp³-hybridized carbons (Fsp3) is 0.292. The fourth-order valence-corrected chi connectivity index (χ4v) is 6.16. The van der Waals surface area contributed by atoms with E-state index in [4.69, 9.17) is 0 Å². The van der Waals surface area contributed by atoms with Crippen molar-refractivity contribution in [3.05, 3.63) is 66.6 Å². The number of sulfonamides is 1. The van der Waals surface area contributed by atoms with E-state index in [1.54, 1.807) is 31.2 Å². The van der Waals surface area contributed by atoms with Gasteiger partial charge in [0, 0.05) is 56.5 Å². The van der Waals surface area contributed by atoms with E-state index in [0.717, 1.165) is 28.1 Å². The average Bonchev–Trinajstić information content (AvgIpc) is 3.49. The summed E-state index contributed by atoms with van der Waals surface area (Å²) in [5.74, 6) is 0.627. The molecule has 4 aromatic rings. The summed E-state index contributed by atoms with van der Waals surface area (Å²) in [6.07, 6.45) is 1.97. The van der Waals surface area contributed by atoms with Crippen molar-refractivity contribution in [3.8, 4) is 0 Å². The van der Waals surface area contributed by atoms with Gasteiger partial charge in [-0.15, -0.1) is 0 Å². The highest BCUT2D eigenvalue weighted by atomic mass is 32.2. The van der Waals surface area contributed by atoms with Crippen molar-refractivity contribution in [2.45, 2.75) is 24.8 Å². The van der Waals surface area contributed by atoms with Crippen molar-refractivity contribution in [3.63, 3.8) is 0 Å². The summed E-state index contributed by atoms with van der Waals surface area (Å²) in [5.41, 5.74) is 1.98. The summed E-state index contributed by atoms with van der Waals surface area (Å²) in [7, 11) is -3.73. The van der Waals surface area contributed by atoms with Gasteiger partial charge in [-0.05, 0) is 55.6 Å². The molecule has 1 fully saturated rings. The number of para-hydroxylation sites is 1. The third kappa shape index (κ3) is 4.73. The van der Waals surface area contributed by atoms with Gasteiger partial charge in [0.05, 0.1) is 4.90 Å². The van der Waals surface area contributed by atoms with Crippen LogP contribution in [0.25, 0.3) is 10.9 Å². The SMILES string of the molecule is Cc1nsc(NS(=O)(=O)c2ccc(N3CCN(C(=O)C(C)n4ccc5ccccc54)CC3)cc2)n1.[HH]. The van der Waals surface area contributed by atoms with Gasteiger partial charge in [0.1, 0.15) is 11.9 Å². The summed E-state index contributed by atoms with van der Waals surface area (Å²) >= 11 is 1.01. The number of anilines is 2. The molecule has 3 heterocycles. The molecule has 0 bridgehead atoms. The van der Waals surface area contributed by atoms with E-state index >= 15 is 0 Å². The number of nitrogens with zero attached hydrogens (tertiary/aromatic N) is 5. The molecule has 35 heavy (non-hydrogen) atoms. The number of piperazine rings is 1. The van der Waals surface area contributed by atoms with Gasteiger partial charge in [0.2, 0.25) is 11.0 Å². The standard InChI is InChI=1S/C24H26N6O3S2.H2/c1-17(30-12-11-19-5-3-4-6-22(19)30)23(31)29-15-13-28(14-16-29)20-7-9-21(10-8-20)35(32,33)27-24-25-18(2)26-34-24;/h3-12,17H,13-16H2,1-2H3,(H,25,26,27);1H. The molecule has 1 aliphatic heterocycles. The second-order valence-corrected chi connectivity index (χ2v) is 11.0. The van der Waals surface area contributed by atoms with E-state index in [1.165, 1.54) is 0 Å². The predicted molar refractivity (Wildman–Crippen MR) is 139 cm³/mol. The number of hydrogen-bond donors (Lipinski definition) is 1. The molecule has 1 atom stereocenters. The number of aryl methyl sites for hydroxylation is 1. The lowest BCUT2D eigenvalue weighted by atomic mass is 10.2. The second kappa shape index (κ2) is 9.31. The van der Waals surface area contributed by atoms with Crippen LogP contribution in [0, 0.1) is 6.92 Å². The van der Waals surface area contributed by atoms with Gasteiger partial charge in [-0.25, -0.2) is 13.4 Å². The first kappa shape index (κ1) is 23.3. The molecule has 0 spiro atoms. The summed E-state index contributed by atoms with van der Waals surface area (Å²) in [4.78, 5) is 21.5. The van der Waals surface area contributed by atoms with Crippen LogP contribution in [0.1, 0.15) is 20.2 Å². The molecule has 1 amide bonds. The van der Waals surface area contributed by atoms with E-state index < -0.39 is 10.0 Å². The molecule has 1 saturated heterocycles. The van der Waals surface area contributed by atoms with Crippen LogP contribution >= 0.6 is 11.5 Å². The summed E-state index contributed by atoms with van der Waals surface area (Å²) in [6, 6.07) is 16.6. The molecule has 2 aromatic carbocycles. The van der Waals surface area contributed by atoms with Crippen molar-refractivity contribution < 1.29 is 14.6 Å². The Hall–Kier alpha value is -3.44. The first-order chi connectivity index (χ1) is 16.8. The Bertz CT molecular complexity index is 1460. The topological polar surface area (TPSA) is 100 Å². The molecule has 9 nitrogen and oxygen atoms in total. The number of rotatable bonds is 6. The highest BCUT2D eigenvalue weighted by Crippen LogP contribution is 2.24. The van der Waals surface area contributed by atoms with Crippen LogP contribution in [0.4, 0.5) is 10.8 Å². The zero-order valence-electron chi connectivity index (χ0n) is 19.5. The van der Waals surface area contributed by atoms with Crippen molar-refractivity contribution >= 4 is 49.2 Å². The van der Waals surface area contributed by atoms with Crippen molar-refractivity contribution in [1.82, 2.24) is 18.8 Å². The molecule has 1 aliphatic rings. The number of amides is 1. The van der Waals surface area contributed by atoms with E-state index in [0.29, 0.717) is 32.0 Å². The van der Waals surface area contributed by atoms with E-state index in [1.807, 2.05) is 52.9 Å². The number of carbonyl (C=O) groups is 1. The summed E-state index contributed by atoms with van der Waals surface area (Å²) < 4.78 is 33.7. The number of hydrogen-bond acceptors (Lipinski definition) is 7. The maximum Gasteiger partial charge on any atom is 0.263 e. The number of aromatic nitrogens is 3. The highest BCUT2D eigenvalue weighted by Gasteiger charge is 2.27. The van der Waals surface area contributed by atoms with Gasteiger partial charge in [-0.3, -0.25) is 9.52 Å². The molecule has 5 rings (SSSR count). The number of carbonyl (C=O) groups excluding carboxylic acids is 1. The Morgan fingerprint density at radius 3 is 2.46 bits per heavy atom. The molecule has 184 valence electrons. The van der Waals surface area contributed by atoms with Gasteiger partial charge in [-0.2, -0.15) is 4.37 Å². The Balaban J connectivity index is 0.00000304. The quantitative estimate of drug-likeness (QED) is 0.422. The molecule has 0 aliphatic carbocycles. The third-order valence-corrected chi connectivity index (χ3v) is 8.46. The minimum absolute atomic E-state index is 0. The minimum Gasteiger partial charge on any atom is -0.368 e. The number of fused-ring (bicyclic) bond motifs is 1. The van der Waals surface area contributed by atoms with Crippen molar-refractivity contribution in [2.24, 2.45) is 0 Å². The normalized spacial score (nSPS) is 15.4. The van der Waals surface area contributed by atoms with Crippen LogP contribution in [0.5, 0.6) is 0 Å². The van der Waals surface area contributed by atoms with Gasteiger partial charge in [0.25, 0.3) is 10.0 Å². The maximum absolute atomic E-state index is 13.2. The van der Waals surface area contributed by atoms with Gasteiger partial charge in [0.15, 0.2) is 0 Å². The first-order valence-corrected chi connectivity index (χ1v) is 13.6. The van der Waals surface area contributed by atoms with E-state index in [2.05, 4.69) is 19.0 Å². The largest absolute Gasteiger partial charge is 0.368 e. The average molecular weight is 513 g/mol. The third-order valence-electron chi connectivity index (χ3n) is 6.26. The molecular formula is C24H28N6O3S2. The fourth-order valence-electron chi connectivity index (χ4n) is 4.36. The Labute approximate surface area is 209 Å². The van der Waals surface area contributed by atoms with Gasteiger partial charge < -0.3 is 14.4 Å². The molecule has 2 aromatic heterocycles. The monoisotopic (exact) mass is 512 g/mol. The van der Waals surface area contributed by atoms with Crippen LogP contribution in [-0.4, -0.2) is 59.3 Å². The second-order valence-electron chi connectivity index (χ2n) is 8.52. The Morgan fingerprint density at radius 2 is 1.77 bits per heavy atom. The van der Waals surface area contributed by atoms with Crippen LogP contribution in [0.15, 0.2) is 65.7 Å². The lowest BCUT2D eigenvalue weighted by molar-refractivity contribution is -0.134. The van der Waals surface area contributed by atoms with E-state index in [9.17, 15) is 13.2 Å². The molecule has 1 N–H and O–H groups in total. The van der Waals surface area contributed by atoms with Gasteiger partial charge in [-0.1, -0.05) is 18.2 Å². The highest BCUT2D eigenvalue weighted by molar-refractivity contribution is 7.93. The maximum atomic E-state index is 13.2. The van der Waals surface area contributed by atoms with Crippen LogP contribution in [-0.2, 0) is 14.8 Å².